The molecule has 0 spiro atoms. The van der Waals surface area contributed by atoms with Gasteiger partial charge in [-0.3, -0.25) is 4.57 Å². The van der Waals surface area contributed by atoms with Crippen LogP contribution in [0.5, 0.6) is 0 Å². The van der Waals surface area contributed by atoms with E-state index in [0.717, 1.165) is 0 Å². The minimum Gasteiger partial charge on any atom is -0.324 e. The van der Waals surface area contributed by atoms with Gasteiger partial charge in [-0.1, -0.05) is 13.8 Å². The fourth-order valence-electron chi connectivity index (χ4n) is 0.430. The Labute approximate surface area is 61.9 Å². The highest BCUT2D eigenvalue weighted by atomic mass is 31.2. The van der Waals surface area contributed by atoms with Gasteiger partial charge in [-0.2, -0.15) is 0 Å². The number of rotatable bonds is 3. The van der Waals surface area contributed by atoms with Crippen LogP contribution in [0.4, 0.5) is 0 Å². The third-order valence-corrected chi connectivity index (χ3v) is 2.02. The highest BCUT2D eigenvalue weighted by Crippen LogP contribution is 2.39. The van der Waals surface area contributed by atoms with Crippen LogP contribution in [-0.2, 0) is 9.09 Å². The molecule has 2 unspecified atom stereocenters. The first-order chi connectivity index (χ1) is 4.33. The molecule has 0 aromatic carbocycles. The van der Waals surface area contributed by atoms with Crippen molar-refractivity contribution in [2.45, 2.75) is 26.9 Å². The highest BCUT2D eigenvalue weighted by Gasteiger charge is 2.17. The van der Waals surface area contributed by atoms with E-state index in [9.17, 15) is 4.57 Å². The second-order valence-electron chi connectivity index (χ2n) is 2.86. The fraction of sp³-hybridized carbons (Fsp3) is 1.00. The zero-order chi connectivity index (χ0) is 8.36. The molecule has 0 bridgehead atoms. The highest BCUT2D eigenvalue weighted by molar-refractivity contribution is 7.51. The molecule has 2 atom stereocenters. The van der Waals surface area contributed by atoms with Crippen molar-refractivity contribution in [2.75, 3.05) is 6.66 Å². The molecule has 10 heavy (non-hydrogen) atoms. The maximum absolute atomic E-state index is 10.7. The Morgan fingerprint density at radius 1 is 1.40 bits per heavy atom. The summed E-state index contributed by atoms with van der Waals surface area (Å²) in [5, 5.41) is 0. The normalized spacial score (nSPS) is 20.6. The van der Waals surface area contributed by atoms with Gasteiger partial charge in [-0.25, -0.2) is 0 Å². The topological polar surface area (TPSA) is 46.5 Å². The molecule has 0 aromatic rings. The molecule has 0 heterocycles. The Balaban J connectivity index is 3.80. The van der Waals surface area contributed by atoms with Crippen molar-refractivity contribution in [3.05, 3.63) is 0 Å². The van der Waals surface area contributed by atoms with Crippen molar-refractivity contribution in [3.63, 3.8) is 0 Å². The first-order valence-electron chi connectivity index (χ1n) is 3.31. The second kappa shape index (κ2) is 3.51. The molecular formula is C6H15O3P. The molecule has 0 aliphatic carbocycles. The lowest BCUT2D eigenvalue weighted by Crippen LogP contribution is -2.13. The lowest BCUT2D eigenvalue weighted by molar-refractivity contribution is 0.150. The second-order valence-corrected chi connectivity index (χ2v) is 4.67. The summed E-state index contributed by atoms with van der Waals surface area (Å²) in [6, 6.07) is 0. The van der Waals surface area contributed by atoms with Crippen LogP contribution in [0.15, 0.2) is 0 Å². The quantitative estimate of drug-likeness (QED) is 0.651. The monoisotopic (exact) mass is 166 g/mol. The van der Waals surface area contributed by atoms with Gasteiger partial charge in [-0.05, 0) is 12.8 Å². The van der Waals surface area contributed by atoms with Crippen LogP contribution in [0.25, 0.3) is 0 Å². The van der Waals surface area contributed by atoms with E-state index in [1.165, 1.54) is 6.66 Å². The first kappa shape index (κ1) is 10.2. The SMILES string of the molecule is CC(C)C(C)OP(C)(=O)O. The van der Waals surface area contributed by atoms with Crippen molar-refractivity contribution in [1.82, 2.24) is 0 Å². The van der Waals surface area contributed by atoms with Crippen molar-refractivity contribution < 1.29 is 14.0 Å². The van der Waals surface area contributed by atoms with Gasteiger partial charge in [0.1, 0.15) is 0 Å². The minimum absolute atomic E-state index is 0.152. The van der Waals surface area contributed by atoms with Crippen LogP contribution in [0.3, 0.4) is 0 Å². The number of hydrogen-bond donors (Lipinski definition) is 1. The lowest BCUT2D eigenvalue weighted by Gasteiger charge is -2.17. The van der Waals surface area contributed by atoms with E-state index in [1.54, 1.807) is 6.92 Å². The molecule has 3 nitrogen and oxygen atoms in total. The average molecular weight is 166 g/mol. The summed E-state index contributed by atoms with van der Waals surface area (Å²) < 4.78 is 15.5. The van der Waals surface area contributed by atoms with E-state index in [2.05, 4.69) is 0 Å². The van der Waals surface area contributed by atoms with Crippen molar-refractivity contribution in [1.29, 1.82) is 0 Å². The molecule has 0 amide bonds. The van der Waals surface area contributed by atoms with E-state index in [1.807, 2.05) is 13.8 Å². The zero-order valence-electron chi connectivity index (χ0n) is 6.87. The summed E-state index contributed by atoms with van der Waals surface area (Å²) in [6.07, 6.45) is -0.152. The van der Waals surface area contributed by atoms with Crippen LogP contribution in [0, 0.1) is 5.92 Å². The Morgan fingerprint density at radius 2 is 1.80 bits per heavy atom. The average Bonchev–Trinajstić information content (AvgIpc) is 1.60. The summed E-state index contributed by atoms with van der Waals surface area (Å²) in [5.74, 6) is 0.278. The molecule has 0 aliphatic heterocycles. The van der Waals surface area contributed by atoms with Crippen LogP contribution < -0.4 is 0 Å². The molecule has 1 N–H and O–H groups in total. The van der Waals surface area contributed by atoms with Crippen LogP contribution >= 0.6 is 7.60 Å². The van der Waals surface area contributed by atoms with E-state index < -0.39 is 7.60 Å². The predicted octanol–water partition coefficient (Wildman–Crippen LogP) is 1.86. The molecule has 4 heteroatoms. The summed E-state index contributed by atoms with van der Waals surface area (Å²) in [6.45, 7) is 6.88. The Kier molecular flexibility index (Phi) is 3.57. The molecule has 0 aliphatic rings. The summed E-state index contributed by atoms with van der Waals surface area (Å²) >= 11 is 0. The molecular weight excluding hydrogens is 151 g/mol. The van der Waals surface area contributed by atoms with Crippen LogP contribution in [-0.4, -0.2) is 17.7 Å². The van der Waals surface area contributed by atoms with Crippen LogP contribution in [0.2, 0.25) is 0 Å². The molecule has 0 aromatic heterocycles. The van der Waals surface area contributed by atoms with Crippen molar-refractivity contribution in [2.24, 2.45) is 5.92 Å². The van der Waals surface area contributed by atoms with Gasteiger partial charge in [0.2, 0.25) is 0 Å². The van der Waals surface area contributed by atoms with Gasteiger partial charge in [0, 0.05) is 6.66 Å². The smallest absolute Gasteiger partial charge is 0.324 e. The summed E-state index contributed by atoms with van der Waals surface area (Å²) in [5.41, 5.74) is 0. The Hall–Kier alpha value is 0.150. The van der Waals surface area contributed by atoms with E-state index in [-0.39, 0.29) is 12.0 Å². The Morgan fingerprint density at radius 3 is 1.90 bits per heavy atom. The number of hydrogen-bond acceptors (Lipinski definition) is 2. The maximum atomic E-state index is 10.7. The van der Waals surface area contributed by atoms with Crippen molar-refractivity contribution >= 4 is 7.60 Å². The standard InChI is InChI=1S/C6H15O3P/c1-5(2)6(3)9-10(4,7)8/h5-6H,1-4H3,(H,7,8). The maximum Gasteiger partial charge on any atom is 0.325 e. The summed E-state index contributed by atoms with van der Waals surface area (Å²) in [4.78, 5) is 8.77. The van der Waals surface area contributed by atoms with Crippen LogP contribution in [0.1, 0.15) is 20.8 Å². The first-order valence-corrected chi connectivity index (χ1v) is 5.34. The van der Waals surface area contributed by atoms with Gasteiger partial charge < -0.3 is 9.42 Å². The Bertz CT molecular complexity index is 138. The van der Waals surface area contributed by atoms with Crippen molar-refractivity contribution in [3.8, 4) is 0 Å². The van der Waals surface area contributed by atoms with E-state index in [0.29, 0.717) is 0 Å². The van der Waals surface area contributed by atoms with Gasteiger partial charge in [0.15, 0.2) is 0 Å². The summed E-state index contributed by atoms with van der Waals surface area (Å²) in [7, 11) is -3.28. The van der Waals surface area contributed by atoms with Gasteiger partial charge in [0.25, 0.3) is 0 Å². The zero-order valence-corrected chi connectivity index (χ0v) is 7.76. The minimum atomic E-state index is -3.28. The molecule has 0 saturated heterocycles. The van der Waals surface area contributed by atoms with Gasteiger partial charge in [-0.15, -0.1) is 0 Å². The lowest BCUT2D eigenvalue weighted by atomic mass is 10.1. The largest absolute Gasteiger partial charge is 0.325 e. The molecule has 62 valence electrons. The predicted molar refractivity (Wildman–Crippen MR) is 41.1 cm³/mol. The third kappa shape index (κ3) is 4.98. The van der Waals surface area contributed by atoms with E-state index >= 15 is 0 Å². The fourth-order valence-corrected chi connectivity index (χ4v) is 1.29. The molecule has 0 fully saturated rings. The molecule has 0 rings (SSSR count). The van der Waals surface area contributed by atoms with Gasteiger partial charge in [0.05, 0.1) is 6.10 Å². The molecule has 0 saturated carbocycles. The van der Waals surface area contributed by atoms with Gasteiger partial charge >= 0.3 is 7.60 Å². The molecule has 0 radical (unpaired) electrons. The van der Waals surface area contributed by atoms with E-state index in [4.69, 9.17) is 9.42 Å². The third-order valence-electron chi connectivity index (χ3n) is 1.30.